The zero-order valence-corrected chi connectivity index (χ0v) is 12.6. The van der Waals surface area contributed by atoms with Crippen LogP contribution in [0.15, 0.2) is 36.4 Å². The lowest BCUT2D eigenvalue weighted by molar-refractivity contribution is 0.0601. The molecule has 116 valence electrons. The quantitative estimate of drug-likeness (QED) is 0.675. The van der Waals surface area contributed by atoms with Crippen LogP contribution in [0.25, 0.3) is 0 Å². The Hall–Kier alpha value is -2.30. The first-order chi connectivity index (χ1) is 10.7. The van der Waals surface area contributed by atoms with Gasteiger partial charge in [0, 0.05) is 18.8 Å². The second kappa shape index (κ2) is 6.22. The van der Waals surface area contributed by atoms with E-state index < -0.39 is 0 Å². The summed E-state index contributed by atoms with van der Waals surface area (Å²) in [4.78, 5) is 25.6. The largest absolute Gasteiger partial charge is 0.465 e. The number of likely N-dealkylation sites (tertiary alicyclic amines) is 1. The smallest absolute Gasteiger partial charge is 0.337 e. The molecule has 1 aliphatic carbocycles. The first kappa shape index (κ1) is 14.6. The highest BCUT2D eigenvalue weighted by molar-refractivity contribution is 5.92. The molecule has 5 nitrogen and oxygen atoms in total. The van der Waals surface area contributed by atoms with Crippen molar-refractivity contribution in [1.82, 2.24) is 4.90 Å². The molecule has 0 radical (unpaired) electrons. The number of nitrogens with one attached hydrogen (secondary N) is 1. The molecule has 1 fully saturated rings. The van der Waals surface area contributed by atoms with Gasteiger partial charge < -0.3 is 15.0 Å². The molecule has 2 amide bonds. The second-order valence-electron chi connectivity index (χ2n) is 5.87. The number of rotatable bonds is 2. The zero-order valence-electron chi connectivity index (χ0n) is 12.6. The third kappa shape index (κ3) is 2.98. The van der Waals surface area contributed by atoms with Crippen LogP contribution in [0.4, 0.5) is 10.5 Å². The van der Waals surface area contributed by atoms with Gasteiger partial charge in [0.25, 0.3) is 0 Å². The number of allylic oxidation sites excluding steroid dienone is 2. The monoisotopic (exact) mass is 300 g/mol. The average Bonchev–Trinajstić information content (AvgIpc) is 2.99. The molecule has 0 bridgehead atoms. The summed E-state index contributed by atoms with van der Waals surface area (Å²) in [6.07, 6.45) is 6.58. The van der Waals surface area contributed by atoms with Gasteiger partial charge in [0.15, 0.2) is 0 Å². The number of methoxy groups -OCH3 is 1. The maximum Gasteiger partial charge on any atom is 0.337 e. The van der Waals surface area contributed by atoms with E-state index in [2.05, 4.69) is 22.2 Å². The second-order valence-corrected chi connectivity index (χ2v) is 5.87. The van der Waals surface area contributed by atoms with Crippen molar-refractivity contribution >= 4 is 17.7 Å². The van der Waals surface area contributed by atoms with Crippen molar-refractivity contribution in [2.24, 2.45) is 11.8 Å². The van der Waals surface area contributed by atoms with Crippen molar-refractivity contribution in [2.75, 3.05) is 25.5 Å². The molecule has 22 heavy (non-hydrogen) atoms. The van der Waals surface area contributed by atoms with Crippen LogP contribution in [0, 0.1) is 11.8 Å². The van der Waals surface area contributed by atoms with Crippen LogP contribution in [0.3, 0.4) is 0 Å². The van der Waals surface area contributed by atoms with Crippen LogP contribution in [0.5, 0.6) is 0 Å². The van der Waals surface area contributed by atoms with E-state index in [0.717, 1.165) is 25.9 Å². The van der Waals surface area contributed by atoms with E-state index in [1.54, 1.807) is 24.3 Å². The van der Waals surface area contributed by atoms with Crippen molar-refractivity contribution in [2.45, 2.75) is 12.8 Å². The lowest BCUT2D eigenvalue weighted by atomic mass is 9.86. The van der Waals surface area contributed by atoms with E-state index >= 15 is 0 Å². The number of benzene rings is 1. The number of urea groups is 1. The Morgan fingerprint density at radius 2 is 1.68 bits per heavy atom. The molecule has 0 saturated carbocycles. The van der Waals surface area contributed by atoms with E-state index in [-0.39, 0.29) is 12.0 Å². The number of carbonyl (C=O) groups excluding carboxylic acids is 2. The van der Waals surface area contributed by atoms with Crippen molar-refractivity contribution in [1.29, 1.82) is 0 Å². The summed E-state index contributed by atoms with van der Waals surface area (Å²) in [7, 11) is 1.35. The van der Waals surface area contributed by atoms with Crippen LogP contribution in [-0.2, 0) is 4.74 Å². The number of hydrogen-bond donors (Lipinski definition) is 1. The minimum absolute atomic E-state index is 0.0692. The van der Waals surface area contributed by atoms with Crippen molar-refractivity contribution in [3.63, 3.8) is 0 Å². The van der Waals surface area contributed by atoms with Gasteiger partial charge in [-0.05, 0) is 48.9 Å². The Kier molecular flexibility index (Phi) is 4.13. The zero-order chi connectivity index (χ0) is 15.5. The van der Waals surface area contributed by atoms with Crippen LogP contribution in [-0.4, -0.2) is 37.1 Å². The topological polar surface area (TPSA) is 58.6 Å². The Bertz CT molecular complexity index is 578. The highest BCUT2D eigenvalue weighted by atomic mass is 16.5. The predicted octanol–water partition coefficient (Wildman–Crippen LogP) is 2.90. The molecule has 0 spiro atoms. The lowest BCUT2D eigenvalue weighted by Gasteiger charge is -2.17. The number of fused-ring (bicyclic) bond motifs is 1. The molecule has 2 atom stereocenters. The molecule has 3 rings (SSSR count). The highest BCUT2D eigenvalue weighted by Crippen LogP contribution is 2.32. The maximum absolute atomic E-state index is 12.3. The standard InChI is InChI=1S/C17H20N2O3/c1-22-16(20)12-6-8-15(9-7-12)18-17(21)19-10-13-4-2-3-5-14(13)11-19/h2-3,6-9,13-14H,4-5,10-11H2,1H3,(H,18,21)/t13-,14+. The van der Waals surface area contributed by atoms with Crippen molar-refractivity contribution in [3.8, 4) is 0 Å². The predicted molar refractivity (Wildman–Crippen MR) is 83.7 cm³/mol. The molecule has 1 heterocycles. The summed E-state index contributed by atoms with van der Waals surface area (Å²) < 4.78 is 4.65. The fraction of sp³-hybridized carbons (Fsp3) is 0.412. The summed E-state index contributed by atoms with van der Waals surface area (Å²) in [5.74, 6) is 0.809. The number of anilines is 1. The molecule has 1 aromatic rings. The fourth-order valence-corrected chi connectivity index (χ4v) is 3.19. The molecule has 1 N–H and O–H groups in total. The highest BCUT2D eigenvalue weighted by Gasteiger charge is 2.35. The number of hydrogen-bond acceptors (Lipinski definition) is 3. The molecule has 1 aliphatic heterocycles. The number of esters is 1. The van der Waals surface area contributed by atoms with E-state index in [1.165, 1.54) is 7.11 Å². The Labute approximate surface area is 129 Å². The number of amides is 2. The van der Waals surface area contributed by atoms with Gasteiger partial charge in [-0.25, -0.2) is 9.59 Å². The van der Waals surface area contributed by atoms with Crippen LogP contribution < -0.4 is 5.32 Å². The lowest BCUT2D eigenvalue weighted by Crippen LogP contribution is -2.33. The van der Waals surface area contributed by atoms with Gasteiger partial charge in [0.2, 0.25) is 0 Å². The minimum Gasteiger partial charge on any atom is -0.465 e. The summed E-state index contributed by atoms with van der Waals surface area (Å²) >= 11 is 0. The fourth-order valence-electron chi connectivity index (χ4n) is 3.19. The van der Waals surface area contributed by atoms with E-state index in [4.69, 9.17) is 0 Å². The SMILES string of the molecule is COC(=O)c1ccc(NC(=O)N2C[C@H]3CC=CC[C@H]3C2)cc1. The summed E-state index contributed by atoms with van der Waals surface area (Å²) in [6.45, 7) is 1.64. The molecule has 0 aromatic heterocycles. The molecular weight excluding hydrogens is 280 g/mol. The van der Waals surface area contributed by atoms with Crippen LogP contribution in [0.2, 0.25) is 0 Å². The molecule has 1 aromatic carbocycles. The Morgan fingerprint density at radius 1 is 1.09 bits per heavy atom. The van der Waals surface area contributed by atoms with E-state index in [9.17, 15) is 9.59 Å². The molecule has 5 heteroatoms. The summed E-state index contributed by atoms with van der Waals surface area (Å²) in [5.41, 5.74) is 1.16. The van der Waals surface area contributed by atoms with Gasteiger partial charge in [-0.1, -0.05) is 12.2 Å². The van der Waals surface area contributed by atoms with Gasteiger partial charge in [0.05, 0.1) is 12.7 Å². The number of ether oxygens (including phenoxy) is 1. The normalized spacial score (nSPS) is 23.0. The number of carbonyl (C=O) groups is 2. The van der Waals surface area contributed by atoms with Crippen molar-refractivity contribution < 1.29 is 14.3 Å². The van der Waals surface area contributed by atoms with E-state index in [1.807, 2.05) is 4.90 Å². The third-order valence-corrected chi connectivity index (χ3v) is 4.47. The Morgan fingerprint density at radius 3 is 2.23 bits per heavy atom. The van der Waals surface area contributed by atoms with E-state index in [0.29, 0.717) is 23.1 Å². The van der Waals surface area contributed by atoms with Crippen LogP contribution in [0.1, 0.15) is 23.2 Å². The summed E-state index contributed by atoms with van der Waals surface area (Å²) in [6, 6.07) is 6.66. The van der Waals surface area contributed by atoms with Crippen LogP contribution >= 0.6 is 0 Å². The Balaban J connectivity index is 1.59. The molecule has 1 saturated heterocycles. The number of nitrogens with zero attached hydrogens (tertiary/aromatic N) is 1. The van der Waals surface area contributed by atoms with Gasteiger partial charge in [-0.3, -0.25) is 0 Å². The molecular formula is C17H20N2O3. The van der Waals surface area contributed by atoms with Gasteiger partial charge in [-0.2, -0.15) is 0 Å². The minimum atomic E-state index is -0.381. The maximum atomic E-state index is 12.3. The van der Waals surface area contributed by atoms with Crippen molar-refractivity contribution in [3.05, 3.63) is 42.0 Å². The summed E-state index contributed by atoms with van der Waals surface area (Å²) in [5, 5.41) is 2.89. The molecule has 0 unspecified atom stereocenters. The van der Waals surface area contributed by atoms with Gasteiger partial charge >= 0.3 is 12.0 Å². The third-order valence-electron chi connectivity index (χ3n) is 4.47. The average molecular weight is 300 g/mol. The first-order valence-corrected chi connectivity index (χ1v) is 7.56. The van der Waals surface area contributed by atoms with Gasteiger partial charge in [0.1, 0.15) is 0 Å². The molecule has 2 aliphatic rings. The van der Waals surface area contributed by atoms with Gasteiger partial charge in [-0.15, -0.1) is 0 Å². The first-order valence-electron chi connectivity index (χ1n) is 7.56.